The molecule has 0 aromatic heterocycles. The average molecular weight is 227 g/mol. The van der Waals surface area contributed by atoms with E-state index in [1.54, 1.807) is 12.1 Å². The third kappa shape index (κ3) is 3.00. The maximum absolute atomic E-state index is 12.8. The van der Waals surface area contributed by atoms with Gasteiger partial charge in [-0.2, -0.15) is 0 Å². The van der Waals surface area contributed by atoms with Gasteiger partial charge in [-0.05, 0) is 35.7 Å². The van der Waals surface area contributed by atoms with Crippen LogP contribution in [0, 0.1) is 5.82 Å². The van der Waals surface area contributed by atoms with Crippen LogP contribution in [0.25, 0.3) is 11.1 Å². The molecule has 0 aliphatic carbocycles. The molecule has 2 aromatic carbocycles. The first-order chi connectivity index (χ1) is 8.29. The van der Waals surface area contributed by atoms with Crippen molar-refractivity contribution in [1.29, 1.82) is 0 Å². The minimum Gasteiger partial charge on any atom is -0.293 e. The molecule has 0 heterocycles. The Kier molecular flexibility index (Phi) is 3.66. The zero-order valence-corrected chi connectivity index (χ0v) is 9.73. The number of benzene rings is 2. The molecule has 86 valence electrons. The van der Waals surface area contributed by atoms with Crippen molar-refractivity contribution in [3.8, 4) is 11.1 Å². The Morgan fingerprint density at radius 3 is 2.00 bits per heavy atom. The van der Waals surface area contributed by atoms with Gasteiger partial charge in [-0.1, -0.05) is 36.4 Å². The first kappa shape index (κ1) is 11.5. The Morgan fingerprint density at radius 1 is 0.941 bits per heavy atom. The SMILES string of the molecule is CCN=Cc1ccc(-c2ccc(F)cc2)cc1. The van der Waals surface area contributed by atoms with Gasteiger partial charge in [0, 0.05) is 12.8 Å². The fourth-order valence-corrected chi connectivity index (χ4v) is 1.60. The summed E-state index contributed by atoms with van der Waals surface area (Å²) in [4.78, 5) is 4.18. The van der Waals surface area contributed by atoms with Crippen LogP contribution in [-0.4, -0.2) is 12.8 Å². The van der Waals surface area contributed by atoms with Crippen LogP contribution in [0.3, 0.4) is 0 Å². The molecule has 2 rings (SSSR count). The highest BCUT2D eigenvalue weighted by molar-refractivity contribution is 5.81. The van der Waals surface area contributed by atoms with Crippen LogP contribution in [0.4, 0.5) is 4.39 Å². The molecule has 0 unspecified atom stereocenters. The van der Waals surface area contributed by atoms with E-state index >= 15 is 0 Å². The molecule has 17 heavy (non-hydrogen) atoms. The number of hydrogen-bond donors (Lipinski definition) is 0. The fraction of sp³-hybridized carbons (Fsp3) is 0.133. The molecular formula is C15H14FN. The van der Waals surface area contributed by atoms with E-state index in [-0.39, 0.29) is 5.82 Å². The van der Waals surface area contributed by atoms with Crippen molar-refractivity contribution in [3.05, 3.63) is 59.9 Å². The van der Waals surface area contributed by atoms with Crippen LogP contribution in [0.1, 0.15) is 12.5 Å². The average Bonchev–Trinajstić information content (AvgIpc) is 2.38. The minimum absolute atomic E-state index is 0.208. The van der Waals surface area contributed by atoms with Crippen molar-refractivity contribution in [1.82, 2.24) is 0 Å². The van der Waals surface area contributed by atoms with E-state index < -0.39 is 0 Å². The van der Waals surface area contributed by atoms with Crippen LogP contribution in [0.5, 0.6) is 0 Å². The largest absolute Gasteiger partial charge is 0.293 e. The van der Waals surface area contributed by atoms with E-state index in [2.05, 4.69) is 4.99 Å². The normalized spacial score (nSPS) is 10.9. The number of aliphatic imine (C=N–C) groups is 1. The Morgan fingerprint density at radius 2 is 1.47 bits per heavy atom. The zero-order valence-electron chi connectivity index (χ0n) is 9.73. The van der Waals surface area contributed by atoms with Gasteiger partial charge in [0.15, 0.2) is 0 Å². The van der Waals surface area contributed by atoms with Crippen molar-refractivity contribution in [2.45, 2.75) is 6.92 Å². The summed E-state index contributed by atoms with van der Waals surface area (Å²) < 4.78 is 12.8. The lowest BCUT2D eigenvalue weighted by atomic mass is 10.0. The second-order valence-corrected chi connectivity index (χ2v) is 3.76. The number of hydrogen-bond acceptors (Lipinski definition) is 1. The Bertz CT molecular complexity index is 497. The van der Waals surface area contributed by atoms with Crippen LogP contribution >= 0.6 is 0 Å². The lowest BCUT2D eigenvalue weighted by Gasteiger charge is -2.01. The zero-order chi connectivity index (χ0) is 12.1. The van der Waals surface area contributed by atoms with Gasteiger partial charge in [-0.3, -0.25) is 4.99 Å². The van der Waals surface area contributed by atoms with E-state index in [0.29, 0.717) is 0 Å². The Labute approximate surface area is 101 Å². The Balaban J connectivity index is 2.23. The van der Waals surface area contributed by atoms with Gasteiger partial charge in [-0.15, -0.1) is 0 Å². The quantitative estimate of drug-likeness (QED) is 0.704. The van der Waals surface area contributed by atoms with Gasteiger partial charge in [0.25, 0.3) is 0 Å². The molecule has 1 nitrogen and oxygen atoms in total. The van der Waals surface area contributed by atoms with E-state index in [0.717, 1.165) is 23.2 Å². The van der Waals surface area contributed by atoms with Crippen LogP contribution < -0.4 is 0 Å². The second kappa shape index (κ2) is 5.39. The lowest BCUT2D eigenvalue weighted by Crippen LogP contribution is -1.83. The summed E-state index contributed by atoms with van der Waals surface area (Å²) in [6.45, 7) is 2.79. The lowest BCUT2D eigenvalue weighted by molar-refractivity contribution is 0.628. The second-order valence-electron chi connectivity index (χ2n) is 3.76. The molecule has 0 radical (unpaired) electrons. The number of rotatable bonds is 3. The molecule has 0 fully saturated rings. The molecule has 2 heteroatoms. The Hall–Kier alpha value is -1.96. The smallest absolute Gasteiger partial charge is 0.123 e. The predicted octanol–water partition coefficient (Wildman–Crippen LogP) is 3.93. The minimum atomic E-state index is -0.208. The molecule has 0 amide bonds. The van der Waals surface area contributed by atoms with Crippen molar-refractivity contribution in [2.75, 3.05) is 6.54 Å². The summed E-state index contributed by atoms with van der Waals surface area (Å²) in [6.07, 6.45) is 1.86. The highest BCUT2D eigenvalue weighted by Crippen LogP contribution is 2.19. The summed E-state index contributed by atoms with van der Waals surface area (Å²) in [6, 6.07) is 14.6. The molecule has 0 aliphatic rings. The van der Waals surface area contributed by atoms with Gasteiger partial charge in [0.05, 0.1) is 0 Å². The molecule has 0 N–H and O–H groups in total. The van der Waals surface area contributed by atoms with Gasteiger partial charge < -0.3 is 0 Å². The summed E-state index contributed by atoms with van der Waals surface area (Å²) in [5, 5.41) is 0. The summed E-state index contributed by atoms with van der Waals surface area (Å²) in [5.41, 5.74) is 3.18. The van der Waals surface area contributed by atoms with Crippen molar-refractivity contribution >= 4 is 6.21 Å². The molecule has 2 aromatic rings. The highest BCUT2D eigenvalue weighted by Gasteiger charge is 1.97. The van der Waals surface area contributed by atoms with Crippen LogP contribution in [0.15, 0.2) is 53.5 Å². The molecule has 0 spiro atoms. The van der Waals surface area contributed by atoms with Crippen LogP contribution in [0.2, 0.25) is 0 Å². The molecular weight excluding hydrogens is 213 g/mol. The predicted molar refractivity (Wildman–Crippen MR) is 70.0 cm³/mol. The van der Waals surface area contributed by atoms with Crippen molar-refractivity contribution in [3.63, 3.8) is 0 Å². The third-order valence-corrected chi connectivity index (χ3v) is 2.51. The van der Waals surface area contributed by atoms with E-state index in [9.17, 15) is 4.39 Å². The molecule has 0 aliphatic heterocycles. The van der Waals surface area contributed by atoms with Gasteiger partial charge in [-0.25, -0.2) is 4.39 Å². The third-order valence-electron chi connectivity index (χ3n) is 2.51. The summed E-state index contributed by atoms with van der Waals surface area (Å²) in [5.74, 6) is -0.208. The van der Waals surface area contributed by atoms with Gasteiger partial charge in [0.2, 0.25) is 0 Å². The topological polar surface area (TPSA) is 12.4 Å². The molecule has 0 bridgehead atoms. The summed E-state index contributed by atoms with van der Waals surface area (Å²) in [7, 11) is 0. The first-order valence-corrected chi connectivity index (χ1v) is 5.65. The van der Waals surface area contributed by atoms with E-state index in [1.807, 2.05) is 37.4 Å². The number of nitrogens with zero attached hydrogens (tertiary/aromatic N) is 1. The maximum Gasteiger partial charge on any atom is 0.123 e. The molecule has 0 saturated carbocycles. The van der Waals surface area contributed by atoms with Gasteiger partial charge in [0.1, 0.15) is 5.82 Å². The highest BCUT2D eigenvalue weighted by atomic mass is 19.1. The molecule has 0 atom stereocenters. The van der Waals surface area contributed by atoms with Crippen molar-refractivity contribution < 1.29 is 4.39 Å². The first-order valence-electron chi connectivity index (χ1n) is 5.65. The maximum atomic E-state index is 12.8. The monoisotopic (exact) mass is 227 g/mol. The van der Waals surface area contributed by atoms with Crippen LogP contribution in [-0.2, 0) is 0 Å². The van der Waals surface area contributed by atoms with Crippen molar-refractivity contribution in [2.24, 2.45) is 4.99 Å². The molecule has 0 saturated heterocycles. The number of halogens is 1. The van der Waals surface area contributed by atoms with Gasteiger partial charge >= 0.3 is 0 Å². The van der Waals surface area contributed by atoms with E-state index in [4.69, 9.17) is 0 Å². The van der Waals surface area contributed by atoms with E-state index in [1.165, 1.54) is 12.1 Å². The standard InChI is InChI=1S/C15H14FN/c1-2-17-11-12-3-5-13(6-4-12)14-7-9-15(16)10-8-14/h3-11H,2H2,1H3. The summed E-state index contributed by atoms with van der Waals surface area (Å²) >= 11 is 0. The fourth-order valence-electron chi connectivity index (χ4n) is 1.60.